The van der Waals surface area contributed by atoms with Crippen molar-refractivity contribution in [1.29, 1.82) is 5.26 Å². The third-order valence-corrected chi connectivity index (χ3v) is 3.47. The van der Waals surface area contributed by atoms with Gasteiger partial charge in [-0.05, 0) is 11.1 Å². The minimum atomic E-state index is -0.593. The summed E-state index contributed by atoms with van der Waals surface area (Å²) < 4.78 is 0. The van der Waals surface area contributed by atoms with Crippen LogP contribution in [0.3, 0.4) is 0 Å². The monoisotopic (exact) mass is 233 g/mol. The number of ketones is 1. The number of carbonyl (C=O) groups excluding carboxylic acids is 1. The minimum Gasteiger partial charge on any atom is -0.293 e. The molecule has 0 heterocycles. The summed E-state index contributed by atoms with van der Waals surface area (Å²) >= 11 is 0. The first-order chi connectivity index (χ1) is 8.83. The van der Waals surface area contributed by atoms with Gasteiger partial charge >= 0.3 is 0 Å². The summed E-state index contributed by atoms with van der Waals surface area (Å²) in [6.45, 7) is 0. The van der Waals surface area contributed by atoms with E-state index in [1.165, 1.54) is 0 Å². The van der Waals surface area contributed by atoms with Gasteiger partial charge in [-0.1, -0.05) is 54.6 Å². The van der Waals surface area contributed by atoms with Crippen LogP contribution < -0.4 is 0 Å². The molecule has 2 nitrogen and oxygen atoms in total. The lowest BCUT2D eigenvalue weighted by molar-refractivity contribution is 0.0958. The first-order valence-corrected chi connectivity index (χ1v) is 5.90. The molecule has 0 aromatic heterocycles. The van der Waals surface area contributed by atoms with E-state index in [1.54, 1.807) is 0 Å². The van der Waals surface area contributed by atoms with Crippen LogP contribution >= 0.6 is 0 Å². The molecule has 0 fully saturated rings. The van der Waals surface area contributed by atoms with Crippen LogP contribution in [-0.2, 0) is 0 Å². The average molecular weight is 233 g/mol. The van der Waals surface area contributed by atoms with Crippen LogP contribution in [-0.4, -0.2) is 5.78 Å². The normalized spacial score (nSPS) is 21.4. The highest BCUT2D eigenvalue weighted by Gasteiger charge is 2.40. The van der Waals surface area contributed by atoms with Crippen LogP contribution in [0.15, 0.2) is 54.6 Å². The Morgan fingerprint density at radius 2 is 1.61 bits per heavy atom. The van der Waals surface area contributed by atoms with Gasteiger partial charge in [0, 0.05) is 11.5 Å². The van der Waals surface area contributed by atoms with Crippen molar-refractivity contribution in [3.8, 4) is 6.07 Å². The minimum absolute atomic E-state index is 0.0537. The molecular formula is C16H11NO. The van der Waals surface area contributed by atoms with Crippen LogP contribution in [0.4, 0.5) is 0 Å². The molecule has 0 bridgehead atoms. The fourth-order valence-corrected chi connectivity index (χ4v) is 2.66. The van der Waals surface area contributed by atoms with Gasteiger partial charge in [0.15, 0.2) is 5.78 Å². The second-order valence-corrected chi connectivity index (χ2v) is 4.45. The Kier molecular flexibility index (Phi) is 2.46. The molecule has 0 aliphatic heterocycles. The molecule has 2 atom stereocenters. The van der Waals surface area contributed by atoms with Gasteiger partial charge in [0.05, 0.1) is 6.07 Å². The lowest BCUT2D eigenvalue weighted by Crippen LogP contribution is -2.12. The van der Waals surface area contributed by atoms with E-state index in [9.17, 15) is 10.1 Å². The van der Waals surface area contributed by atoms with Gasteiger partial charge in [0.1, 0.15) is 5.92 Å². The molecule has 0 saturated heterocycles. The highest BCUT2D eigenvalue weighted by atomic mass is 16.1. The second-order valence-electron chi connectivity index (χ2n) is 4.45. The number of nitrogens with zero attached hydrogens (tertiary/aromatic N) is 1. The Balaban J connectivity index is 2.20. The first-order valence-electron chi connectivity index (χ1n) is 5.90. The number of carbonyl (C=O) groups is 1. The first kappa shape index (κ1) is 10.7. The number of rotatable bonds is 1. The highest BCUT2D eigenvalue weighted by Crippen LogP contribution is 2.41. The van der Waals surface area contributed by atoms with Gasteiger partial charge < -0.3 is 0 Å². The molecule has 18 heavy (non-hydrogen) atoms. The number of benzene rings is 2. The SMILES string of the molecule is N#C[C@@H]1C(=O)c2ccccc2[C@@H]1c1ccccc1. The Bertz CT molecular complexity index is 640. The number of fused-ring (bicyclic) bond motifs is 1. The molecule has 86 valence electrons. The molecule has 3 rings (SSSR count). The summed E-state index contributed by atoms with van der Waals surface area (Å²) in [6.07, 6.45) is 0. The third kappa shape index (κ3) is 1.45. The summed E-state index contributed by atoms with van der Waals surface area (Å²) in [7, 11) is 0. The van der Waals surface area contributed by atoms with E-state index in [-0.39, 0.29) is 11.7 Å². The average Bonchev–Trinajstić information content (AvgIpc) is 2.73. The fourth-order valence-electron chi connectivity index (χ4n) is 2.66. The summed E-state index contributed by atoms with van der Waals surface area (Å²) in [5.74, 6) is -0.772. The summed E-state index contributed by atoms with van der Waals surface area (Å²) in [4.78, 5) is 12.2. The maximum Gasteiger partial charge on any atom is 0.181 e. The largest absolute Gasteiger partial charge is 0.293 e. The van der Waals surface area contributed by atoms with Crippen molar-refractivity contribution in [3.63, 3.8) is 0 Å². The Labute approximate surface area is 105 Å². The second kappa shape index (κ2) is 4.12. The number of hydrogen-bond donors (Lipinski definition) is 0. The van der Waals surface area contributed by atoms with E-state index in [0.29, 0.717) is 5.56 Å². The maximum absolute atomic E-state index is 12.2. The van der Waals surface area contributed by atoms with Crippen molar-refractivity contribution in [2.24, 2.45) is 5.92 Å². The van der Waals surface area contributed by atoms with E-state index in [4.69, 9.17) is 0 Å². The lowest BCUT2D eigenvalue weighted by atomic mass is 9.86. The van der Waals surface area contributed by atoms with Gasteiger partial charge in [-0.2, -0.15) is 5.26 Å². The van der Waals surface area contributed by atoms with Gasteiger partial charge in [-0.25, -0.2) is 0 Å². The molecule has 2 heteroatoms. The van der Waals surface area contributed by atoms with Crippen molar-refractivity contribution in [2.45, 2.75) is 5.92 Å². The molecule has 0 saturated carbocycles. The predicted molar refractivity (Wildman–Crippen MR) is 68.2 cm³/mol. The molecule has 0 amide bonds. The Morgan fingerprint density at radius 1 is 0.944 bits per heavy atom. The zero-order valence-electron chi connectivity index (χ0n) is 9.71. The van der Waals surface area contributed by atoms with E-state index in [1.807, 2.05) is 54.6 Å². The molecule has 2 aromatic rings. The van der Waals surface area contributed by atoms with E-state index >= 15 is 0 Å². The van der Waals surface area contributed by atoms with Crippen molar-refractivity contribution in [3.05, 3.63) is 71.3 Å². The van der Waals surface area contributed by atoms with Crippen LogP contribution in [0.5, 0.6) is 0 Å². The molecule has 0 radical (unpaired) electrons. The number of nitriles is 1. The van der Waals surface area contributed by atoms with E-state index in [2.05, 4.69) is 6.07 Å². The standard InChI is InChI=1S/C16H11NO/c17-10-14-15(11-6-2-1-3-7-11)12-8-4-5-9-13(12)16(14)18/h1-9,14-15H/t14-,15-/m0/s1. The van der Waals surface area contributed by atoms with Gasteiger partial charge in [-0.15, -0.1) is 0 Å². The van der Waals surface area contributed by atoms with E-state index in [0.717, 1.165) is 11.1 Å². The zero-order chi connectivity index (χ0) is 12.5. The maximum atomic E-state index is 12.2. The summed E-state index contributed by atoms with van der Waals surface area (Å²) in [5, 5.41) is 9.27. The van der Waals surface area contributed by atoms with Crippen LogP contribution in [0.25, 0.3) is 0 Å². The third-order valence-electron chi connectivity index (χ3n) is 3.47. The molecule has 1 aliphatic rings. The van der Waals surface area contributed by atoms with Crippen molar-refractivity contribution in [1.82, 2.24) is 0 Å². The summed E-state index contributed by atoms with van der Waals surface area (Å²) in [6, 6.07) is 19.5. The molecule has 2 aromatic carbocycles. The quantitative estimate of drug-likeness (QED) is 0.759. The molecule has 0 N–H and O–H groups in total. The van der Waals surface area contributed by atoms with Gasteiger partial charge in [0.2, 0.25) is 0 Å². The van der Waals surface area contributed by atoms with Crippen molar-refractivity contribution >= 4 is 5.78 Å². The van der Waals surface area contributed by atoms with Crippen LogP contribution in [0.2, 0.25) is 0 Å². The topological polar surface area (TPSA) is 40.9 Å². The zero-order valence-corrected chi connectivity index (χ0v) is 9.71. The number of Topliss-reactive ketones (excluding diaryl/α,β-unsaturated/α-hetero) is 1. The number of hydrogen-bond acceptors (Lipinski definition) is 2. The van der Waals surface area contributed by atoms with Crippen molar-refractivity contribution < 1.29 is 4.79 Å². The lowest BCUT2D eigenvalue weighted by Gasteiger charge is -2.14. The highest BCUT2D eigenvalue weighted by molar-refractivity contribution is 6.05. The molecule has 0 unspecified atom stereocenters. The van der Waals surface area contributed by atoms with Crippen LogP contribution in [0.1, 0.15) is 27.4 Å². The van der Waals surface area contributed by atoms with Crippen LogP contribution in [0, 0.1) is 17.2 Å². The van der Waals surface area contributed by atoms with Gasteiger partial charge in [-0.3, -0.25) is 4.79 Å². The van der Waals surface area contributed by atoms with Crippen molar-refractivity contribution in [2.75, 3.05) is 0 Å². The summed E-state index contributed by atoms with van der Waals surface area (Å²) in [5.41, 5.74) is 2.69. The Morgan fingerprint density at radius 3 is 2.33 bits per heavy atom. The predicted octanol–water partition coefficient (Wildman–Crippen LogP) is 3.15. The smallest absolute Gasteiger partial charge is 0.181 e. The molecule has 0 spiro atoms. The molecule has 1 aliphatic carbocycles. The van der Waals surface area contributed by atoms with Gasteiger partial charge in [0.25, 0.3) is 0 Å². The Hall–Kier alpha value is -2.40. The fraction of sp³-hybridized carbons (Fsp3) is 0.125. The molecular weight excluding hydrogens is 222 g/mol. The van der Waals surface area contributed by atoms with E-state index < -0.39 is 5.92 Å².